The summed E-state index contributed by atoms with van der Waals surface area (Å²) in [6, 6.07) is 8.16. The number of benzene rings is 1. The number of nitrogens with zero attached hydrogens (tertiary/aromatic N) is 4. The minimum Gasteiger partial charge on any atom is -0.368 e. The lowest BCUT2D eigenvalue weighted by Gasteiger charge is -2.29. The van der Waals surface area contributed by atoms with Crippen molar-refractivity contribution in [3.05, 3.63) is 36.9 Å². The molecule has 0 saturated carbocycles. The average molecular weight is 382 g/mol. The van der Waals surface area contributed by atoms with Crippen LogP contribution in [0.3, 0.4) is 0 Å². The van der Waals surface area contributed by atoms with Crippen molar-refractivity contribution in [2.45, 2.75) is 30.6 Å². The summed E-state index contributed by atoms with van der Waals surface area (Å²) in [6.07, 6.45) is 6.61. The first-order valence-electron chi connectivity index (χ1n) is 9.23. The SMILES string of the molecule is O=C(CCCCCNc1ncnc2nc[nH]c12)N1CCSc2ccccc21. The van der Waals surface area contributed by atoms with Gasteiger partial charge in [-0.1, -0.05) is 18.6 Å². The molecule has 27 heavy (non-hydrogen) atoms. The maximum Gasteiger partial charge on any atom is 0.227 e. The average Bonchev–Trinajstić information content (AvgIpc) is 3.19. The molecule has 2 N–H and O–H groups in total. The molecule has 0 radical (unpaired) electrons. The van der Waals surface area contributed by atoms with E-state index in [1.54, 1.807) is 6.33 Å². The van der Waals surface area contributed by atoms with Crippen LogP contribution >= 0.6 is 11.8 Å². The fourth-order valence-electron chi connectivity index (χ4n) is 3.25. The molecule has 1 aromatic carbocycles. The van der Waals surface area contributed by atoms with E-state index < -0.39 is 0 Å². The molecule has 140 valence electrons. The lowest BCUT2D eigenvalue weighted by molar-refractivity contribution is -0.118. The summed E-state index contributed by atoms with van der Waals surface area (Å²) in [5, 5.41) is 3.32. The Labute approximate surface area is 162 Å². The number of aromatic amines is 1. The van der Waals surface area contributed by atoms with E-state index in [9.17, 15) is 4.79 Å². The Balaban J connectivity index is 1.21. The molecule has 0 bridgehead atoms. The first kappa shape index (κ1) is 17.8. The number of para-hydroxylation sites is 1. The molecule has 0 aliphatic carbocycles. The molecule has 1 aliphatic rings. The van der Waals surface area contributed by atoms with Crippen molar-refractivity contribution in [2.75, 3.05) is 29.1 Å². The standard InChI is InChI=1S/C19H22N6OS/c26-16(25-10-11-27-15-7-4-3-6-14(15)25)8-2-1-5-9-20-18-17-19(22-12-21-17)24-13-23-18/h3-4,6-7,12-13H,1-2,5,8-11H2,(H2,20,21,22,23,24). The molecule has 0 spiro atoms. The van der Waals surface area contributed by atoms with Crippen LogP contribution in [0.2, 0.25) is 0 Å². The number of H-pyrrole nitrogens is 1. The quantitative estimate of drug-likeness (QED) is 0.609. The molecule has 1 aliphatic heterocycles. The van der Waals surface area contributed by atoms with Crippen LogP contribution in [0.25, 0.3) is 11.2 Å². The second-order valence-corrected chi connectivity index (χ2v) is 7.56. The Kier molecular flexibility index (Phi) is 5.53. The van der Waals surface area contributed by atoms with Crippen molar-refractivity contribution in [3.63, 3.8) is 0 Å². The summed E-state index contributed by atoms with van der Waals surface area (Å²) in [7, 11) is 0. The van der Waals surface area contributed by atoms with Gasteiger partial charge >= 0.3 is 0 Å². The highest BCUT2D eigenvalue weighted by Crippen LogP contribution is 2.34. The summed E-state index contributed by atoms with van der Waals surface area (Å²) in [4.78, 5) is 31.3. The van der Waals surface area contributed by atoms with Crippen LogP contribution in [0.1, 0.15) is 25.7 Å². The van der Waals surface area contributed by atoms with Gasteiger partial charge in [-0.15, -0.1) is 11.8 Å². The number of hydrogen-bond donors (Lipinski definition) is 2. The summed E-state index contributed by atoms with van der Waals surface area (Å²) >= 11 is 1.82. The number of rotatable bonds is 7. The smallest absolute Gasteiger partial charge is 0.227 e. The molecule has 1 amide bonds. The highest BCUT2D eigenvalue weighted by atomic mass is 32.2. The number of thioether (sulfide) groups is 1. The Morgan fingerprint density at radius 2 is 2.11 bits per heavy atom. The summed E-state index contributed by atoms with van der Waals surface area (Å²) in [5.74, 6) is 1.97. The van der Waals surface area contributed by atoms with Crippen molar-refractivity contribution in [1.29, 1.82) is 0 Å². The maximum absolute atomic E-state index is 12.6. The van der Waals surface area contributed by atoms with Crippen molar-refractivity contribution >= 4 is 40.3 Å². The van der Waals surface area contributed by atoms with Crippen LogP contribution in [0.4, 0.5) is 11.5 Å². The Morgan fingerprint density at radius 3 is 3.07 bits per heavy atom. The Hall–Kier alpha value is -2.61. The van der Waals surface area contributed by atoms with Gasteiger partial charge in [0.25, 0.3) is 0 Å². The van der Waals surface area contributed by atoms with E-state index >= 15 is 0 Å². The van der Waals surface area contributed by atoms with Gasteiger partial charge in [0.2, 0.25) is 5.91 Å². The van der Waals surface area contributed by atoms with Crippen LogP contribution in [-0.2, 0) is 4.79 Å². The summed E-state index contributed by atoms with van der Waals surface area (Å²) < 4.78 is 0. The lowest BCUT2D eigenvalue weighted by Crippen LogP contribution is -2.35. The van der Waals surface area contributed by atoms with Gasteiger partial charge in [0, 0.05) is 30.2 Å². The zero-order valence-electron chi connectivity index (χ0n) is 15.0. The molecule has 4 rings (SSSR count). The van der Waals surface area contributed by atoms with Gasteiger partial charge in [0.1, 0.15) is 11.8 Å². The predicted octanol–water partition coefficient (Wildman–Crippen LogP) is 3.46. The van der Waals surface area contributed by atoms with Gasteiger partial charge in [-0.2, -0.15) is 0 Å². The molecule has 8 heteroatoms. The number of nitrogens with one attached hydrogen (secondary N) is 2. The number of carbonyl (C=O) groups excluding carboxylic acids is 1. The number of fused-ring (bicyclic) bond motifs is 2. The molecule has 3 aromatic rings. The number of hydrogen-bond acceptors (Lipinski definition) is 6. The number of imidazole rings is 1. The Bertz CT molecular complexity index is 927. The fraction of sp³-hybridized carbons (Fsp3) is 0.368. The first-order chi connectivity index (χ1) is 13.3. The van der Waals surface area contributed by atoms with E-state index in [-0.39, 0.29) is 5.91 Å². The molecule has 0 unspecified atom stereocenters. The summed E-state index contributed by atoms with van der Waals surface area (Å²) in [5.41, 5.74) is 2.56. The first-order valence-corrected chi connectivity index (χ1v) is 10.2. The largest absolute Gasteiger partial charge is 0.368 e. The molecular formula is C19H22N6OS. The number of carbonyl (C=O) groups is 1. The van der Waals surface area contributed by atoms with Crippen LogP contribution in [-0.4, -0.2) is 44.7 Å². The lowest BCUT2D eigenvalue weighted by atomic mass is 10.1. The maximum atomic E-state index is 12.6. The van der Waals surface area contributed by atoms with Crippen LogP contribution in [0, 0.1) is 0 Å². The zero-order chi connectivity index (χ0) is 18.5. The third-order valence-electron chi connectivity index (χ3n) is 4.61. The summed E-state index contributed by atoms with van der Waals surface area (Å²) in [6.45, 7) is 1.61. The van der Waals surface area contributed by atoms with Gasteiger partial charge in [0.15, 0.2) is 11.5 Å². The number of aromatic nitrogens is 4. The molecule has 0 fully saturated rings. The molecular weight excluding hydrogens is 360 g/mol. The van der Waals surface area contributed by atoms with Crippen LogP contribution in [0.15, 0.2) is 41.8 Å². The van der Waals surface area contributed by atoms with Gasteiger partial charge in [0.05, 0.1) is 12.0 Å². The third-order valence-corrected chi connectivity index (χ3v) is 5.66. The fourth-order valence-corrected chi connectivity index (χ4v) is 4.24. The van der Waals surface area contributed by atoms with Crippen molar-refractivity contribution in [1.82, 2.24) is 19.9 Å². The van der Waals surface area contributed by atoms with Crippen LogP contribution in [0.5, 0.6) is 0 Å². The topological polar surface area (TPSA) is 86.8 Å². The molecule has 3 heterocycles. The molecule has 2 aromatic heterocycles. The zero-order valence-corrected chi connectivity index (χ0v) is 15.8. The van der Waals surface area contributed by atoms with Gasteiger partial charge in [-0.3, -0.25) is 4.79 Å². The highest BCUT2D eigenvalue weighted by Gasteiger charge is 2.21. The Morgan fingerprint density at radius 1 is 1.19 bits per heavy atom. The van der Waals surface area contributed by atoms with Crippen molar-refractivity contribution in [3.8, 4) is 0 Å². The number of unbranched alkanes of at least 4 members (excludes halogenated alkanes) is 2. The monoisotopic (exact) mass is 382 g/mol. The molecule has 0 atom stereocenters. The third kappa shape index (κ3) is 4.05. The van der Waals surface area contributed by atoms with Crippen molar-refractivity contribution in [2.24, 2.45) is 0 Å². The molecule has 0 saturated heterocycles. The van der Waals surface area contributed by atoms with E-state index in [0.717, 1.165) is 55.1 Å². The van der Waals surface area contributed by atoms with E-state index in [4.69, 9.17) is 0 Å². The second-order valence-electron chi connectivity index (χ2n) is 6.42. The van der Waals surface area contributed by atoms with Gasteiger partial charge < -0.3 is 15.2 Å². The number of anilines is 2. The van der Waals surface area contributed by atoms with E-state index in [2.05, 4.69) is 31.3 Å². The van der Waals surface area contributed by atoms with E-state index in [1.165, 1.54) is 11.2 Å². The van der Waals surface area contributed by atoms with Crippen LogP contribution < -0.4 is 10.2 Å². The molecule has 7 nitrogen and oxygen atoms in total. The predicted molar refractivity (Wildman–Crippen MR) is 108 cm³/mol. The highest BCUT2D eigenvalue weighted by molar-refractivity contribution is 7.99. The van der Waals surface area contributed by atoms with Gasteiger partial charge in [-0.25, -0.2) is 15.0 Å². The van der Waals surface area contributed by atoms with Crippen molar-refractivity contribution < 1.29 is 4.79 Å². The second kappa shape index (κ2) is 8.39. The van der Waals surface area contributed by atoms with Gasteiger partial charge in [-0.05, 0) is 25.0 Å². The van der Waals surface area contributed by atoms with E-state index in [1.807, 2.05) is 34.9 Å². The normalized spacial score (nSPS) is 13.6. The minimum atomic E-state index is 0.227. The van der Waals surface area contributed by atoms with E-state index in [0.29, 0.717) is 12.1 Å². The number of amides is 1. The minimum absolute atomic E-state index is 0.227.